The van der Waals surface area contributed by atoms with Gasteiger partial charge in [-0.05, 0) is 19.3 Å². The Morgan fingerprint density at radius 3 is 2.69 bits per heavy atom. The lowest BCUT2D eigenvalue weighted by Gasteiger charge is -2.39. The van der Waals surface area contributed by atoms with Crippen LogP contribution in [0, 0.1) is 5.92 Å². The minimum Gasteiger partial charge on any atom is -0.396 e. The summed E-state index contributed by atoms with van der Waals surface area (Å²) in [6, 6.07) is 0. The van der Waals surface area contributed by atoms with Crippen molar-refractivity contribution >= 4 is 0 Å². The van der Waals surface area contributed by atoms with E-state index < -0.39 is 0 Å². The molecule has 0 aromatic heterocycles. The molecule has 1 spiro atoms. The van der Waals surface area contributed by atoms with Crippen molar-refractivity contribution in [3.05, 3.63) is 0 Å². The normalized spacial score (nSPS) is 32.5. The van der Waals surface area contributed by atoms with Gasteiger partial charge in [0.1, 0.15) is 0 Å². The van der Waals surface area contributed by atoms with Crippen LogP contribution in [-0.4, -0.2) is 30.7 Å². The molecule has 13 heavy (non-hydrogen) atoms. The van der Waals surface area contributed by atoms with Gasteiger partial charge >= 0.3 is 0 Å². The SMILES string of the molecule is OCCC1CCCCC12OCCO2. The largest absolute Gasteiger partial charge is 0.396 e. The van der Waals surface area contributed by atoms with E-state index in [0.717, 1.165) is 32.5 Å². The lowest BCUT2D eigenvalue weighted by atomic mass is 9.81. The van der Waals surface area contributed by atoms with Gasteiger partial charge in [-0.1, -0.05) is 6.42 Å². The van der Waals surface area contributed by atoms with E-state index in [1.54, 1.807) is 0 Å². The molecule has 0 radical (unpaired) electrons. The first-order valence-electron chi connectivity index (χ1n) is 5.26. The average molecular weight is 186 g/mol. The highest BCUT2D eigenvalue weighted by molar-refractivity contribution is 4.86. The van der Waals surface area contributed by atoms with Crippen LogP contribution < -0.4 is 0 Å². The molecule has 0 amide bonds. The van der Waals surface area contributed by atoms with Crippen molar-refractivity contribution in [2.75, 3.05) is 19.8 Å². The van der Waals surface area contributed by atoms with Crippen LogP contribution in [0.3, 0.4) is 0 Å². The fourth-order valence-electron chi connectivity index (χ4n) is 2.56. The van der Waals surface area contributed by atoms with Crippen molar-refractivity contribution in [2.24, 2.45) is 5.92 Å². The highest BCUT2D eigenvalue weighted by Gasteiger charge is 2.45. The Hall–Kier alpha value is -0.120. The summed E-state index contributed by atoms with van der Waals surface area (Å²) in [4.78, 5) is 0. The Balaban J connectivity index is 2.03. The Labute approximate surface area is 79.0 Å². The maximum absolute atomic E-state index is 8.95. The topological polar surface area (TPSA) is 38.7 Å². The van der Waals surface area contributed by atoms with Crippen LogP contribution in [0.5, 0.6) is 0 Å². The molecular weight excluding hydrogens is 168 g/mol. The molecule has 2 rings (SSSR count). The van der Waals surface area contributed by atoms with Crippen LogP contribution in [-0.2, 0) is 9.47 Å². The number of ether oxygens (including phenoxy) is 2. The molecule has 76 valence electrons. The van der Waals surface area contributed by atoms with Gasteiger partial charge in [-0.15, -0.1) is 0 Å². The monoisotopic (exact) mass is 186 g/mol. The third kappa shape index (κ3) is 1.73. The Kier molecular flexibility index (Phi) is 2.86. The van der Waals surface area contributed by atoms with Crippen molar-refractivity contribution in [3.8, 4) is 0 Å². The van der Waals surface area contributed by atoms with Crippen molar-refractivity contribution in [2.45, 2.75) is 37.9 Å². The second-order valence-corrected chi connectivity index (χ2v) is 3.96. The van der Waals surface area contributed by atoms with Crippen molar-refractivity contribution < 1.29 is 14.6 Å². The first kappa shape index (κ1) is 9.44. The first-order valence-corrected chi connectivity index (χ1v) is 5.26. The second-order valence-electron chi connectivity index (χ2n) is 3.96. The van der Waals surface area contributed by atoms with E-state index in [9.17, 15) is 0 Å². The van der Waals surface area contributed by atoms with Crippen LogP contribution >= 0.6 is 0 Å². The number of aliphatic hydroxyl groups excluding tert-OH is 1. The van der Waals surface area contributed by atoms with Gasteiger partial charge < -0.3 is 14.6 Å². The summed E-state index contributed by atoms with van der Waals surface area (Å²) in [5, 5.41) is 8.95. The Morgan fingerprint density at radius 2 is 2.00 bits per heavy atom. The van der Waals surface area contributed by atoms with E-state index in [-0.39, 0.29) is 12.4 Å². The summed E-state index contributed by atoms with van der Waals surface area (Å²) >= 11 is 0. The van der Waals surface area contributed by atoms with Crippen molar-refractivity contribution in [1.82, 2.24) is 0 Å². The van der Waals surface area contributed by atoms with E-state index in [4.69, 9.17) is 14.6 Å². The van der Waals surface area contributed by atoms with E-state index in [2.05, 4.69) is 0 Å². The lowest BCUT2D eigenvalue weighted by molar-refractivity contribution is -0.215. The van der Waals surface area contributed by atoms with E-state index in [1.807, 2.05) is 0 Å². The predicted octanol–water partition coefficient (Wildman–Crippen LogP) is 1.30. The smallest absolute Gasteiger partial charge is 0.171 e. The lowest BCUT2D eigenvalue weighted by Crippen LogP contribution is -2.42. The summed E-state index contributed by atoms with van der Waals surface area (Å²) in [7, 11) is 0. The van der Waals surface area contributed by atoms with Gasteiger partial charge in [0.2, 0.25) is 0 Å². The van der Waals surface area contributed by atoms with Gasteiger partial charge in [0, 0.05) is 18.9 Å². The molecule has 1 aliphatic heterocycles. The summed E-state index contributed by atoms with van der Waals surface area (Å²) < 4.78 is 11.4. The van der Waals surface area contributed by atoms with Gasteiger partial charge in [-0.25, -0.2) is 0 Å². The Bertz CT molecular complexity index is 162. The van der Waals surface area contributed by atoms with Crippen molar-refractivity contribution in [3.63, 3.8) is 0 Å². The number of aliphatic hydroxyl groups is 1. The molecule has 1 saturated heterocycles. The molecule has 1 atom stereocenters. The van der Waals surface area contributed by atoms with E-state index >= 15 is 0 Å². The summed E-state index contributed by atoms with van der Waals surface area (Å²) in [6.45, 7) is 1.70. The number of hydrogen-bond donors (Lipinski definition) is 1. The first-order chi connectivity index (χ1) is 6.37. The third-order valence-electron chi connectivity index (χ3n) is 3.20. The zero-order valence-corrected chi connectivity index (χ0v) is 8.00. The van der Waals surface area contributed by atoms with Gasteiger partial charge in [0.05, 0.1) is 13.2 Å². The Morgan fingerprint density at radius 1 is 1.23 bits per heavy atom. The number of hydrogen-bond acceptors (Lipinski definition) is 3. The maximum Gasteiger partial charge on any atom is 0.171 e. The van der Waals surface area contributed by atoms with E-state index in [0.29, 0.717) is 5.92 Å². The standard InChI is InChI=1S/C10H18O3/c11-6-4-9-3-1-2-5-10(9)12-7-8-13-10/h9,11H,1-8H2. The summed E-state index contributed by atoms with van der Waals surface area (Å²) in [5.74, 6) is 0.0924. The minimum atomic E-state index is -0.318. The van der Waals surface area contributed by atoms with Crippen molar-refractivity contribution in [1.29, 1.82) is 0 Å². The predicted molar refractivity (Wildman–Crippen MR) is 48.3 cm³/mol. The molecule has 3 nitrogen and oxygen atoms in total. The molecule has 1 N–H and O–H groups in total. The van der Waals surface area contributed by atoms with Crippen LogP contribution in [0.2, 0.25) is 0 Å². The molecular formula is C10H18O3. The van der Waals surface area contributed by atoms with Gasteiger partial charge in [0.25, 0.3) is 0 Å². The quantitative estimate of drug-likeness (QED) is 0.706. The molecule has 3 heteroatoms. The molecule has 0 aromatic carbocycles. The van der Waals surface area contributed by atoms with Gasteiger partial charge in [0.15, 0.2) is 5.79 Å². The molecule has 1 saturated carbocycles. The molecule has 1 unspecified atom stereocenters. The van der Waals surface area contributed by atoms with Crippen LogP contribution in [0.4, 0.5) is 0 Å². The van der Waals surface area contributed by atoms with Crippen LogP contribution in [0.25, 0.3) is 0 Å². The second kappa shape index (κ2) is 3.95. The maximum atomic E-state index is 8.95. The van der Waals surface area contributed by atoms with Crippen LogP contribution in [0.15, 0.2) is 0 Å². The fraction of sp³-hybridized carbons (Fsp3) is 1.00. The highest BCUT2D eigenvalue weighted by Crippen LogP contribution is 2.41. The fourth-order valence-corrected chi connectivity index (χ4v) is 2.56. The minimum absolute atomic E-state index is 0.249. The molecule has 1 aliphatic carbocycles. The molecule has 0 aromatic rings. The molecule has 1 heterocycles. The number of rotatable bonds is 2. The molecule has 2 fully saturated rings. The zero-order chi connectivity index (χ0) is 9.15. The molecule has 2 aliphatic rings. The highest BCUT2D eigenvalue weighted by atomic mass is 16.7. The van der Waals surface area contributed by atoms with Gasteiger partial charge in [-0.3, -0.25) is 0 Å². The molecule has 0 bridgehead atoms. The average Bonchev–Trinajstić information content (AvgIpc) is 2.59. The summed E-state index contributed by atoms with van der Waals surface area (Å²) in [5.41, 5.74) is 0. The van der Waals surface area contributed by atoms with Gasteiger partial charge in [-0.2, -0.15) is 0 Å². The third-order valence-corrected chi connectivity index (χ3v) is 3.20. The summed E-state index contributed by atoms with van der Waals surface area (Å²) in [6.07, 6.45) is 5.42. The zero-order valence-electron chi connectivity index (χ0n) is 8.00. The van der Waals surface area contributed by atoms with Crippen LogP contribution in [0.1, 0.15) is 32.1 Å². The van der Waals surface area contributed by atoms with E-state index in [1.165, 1.54) is 12.8 Å².